The van der Waals surface area contributed by atoms with Gasteiger partial charge in [-0.25, -0.2) is 0 Å². The summed E-state index contributed by atoms with van der Waals surface area (Å²) in [5.74, 6) is -0.0478. The van der Waals surface area contributed by atoms with E-state index in [4.69, 9.17) is 10.4 Å². The number of amides is 1. The number of carbonyl (C=O) groups is 1. The highest BCUT2D eigenvalue weighted by Crippen LogP contribution is 2.30. The minimum absolute atomic E-state index is 0.00330. The topological polar surface area (TPSA) is 61.9 Å². The maximum atomic E-state index is 12.8. The Kier molecular flexibility index (Phi) is 4.41. The first-order valence-electron chi connectivity index (χ1n) is 9.30. The van der Waals surface area contributed by atoms with Gasteiger partial charge in [-0.2, -0.15) is 10.4 Å². The van der Waals surface area contributed by atoms with Gasteiger partial charge in [0.05, 0.1) is 17.5 Å². The van der Waals surface area contributed by atoms with Crippen molar-refractivity contribution in [3.63, 3.8) is 0 Å². The number of aromatic nitrogens is 2. The molecule has 2 heterocycles. The predicted molar refractivity (Wildman–Crippen MR) is 105 cm³/mol. The molecular weight excluding hydrogens is 336 g/mol. The summed E-state index contributed by atoms with van der Waals surface area (Å²) in [5.41, 5.74) is 4.88. The highest BCUT2D eigenvalue weighted by Gasteiger charge is 2.24. The van der Waals surface area contributed by atoms with Crippen LogP contribution in [0.2, 0.25) is 0 Å². The first-order valence-corrected chi connectivity index (χ1v) is 9.30. The highest BCUT2D eigenvalue weighted by atomic mass is 16.2. The number of carbonyl (C=O) groups excluding carboxylic acids is 1. The van der Waals surface area contributed by atoms with Gasteiger partial charge in [-0.15, -0.1) is 0 Å². The normalized spacial score (nSPS) is 17.1. The van der Waals surface area contributed by atoms with Crippen molar-refractivity contribution in [1.29, 1.82) is 5.26 Å². The quantitative estimate of drug-likeness (QED) is 0.697. The molecule has 4 rings (SSSR count). The van der Waals surface area contributed by atoms with Crippen LogP contribution in [0.15, 0.2) is 42.5 Å². The molecule has 0 aliphatic carbocycles. The molecule has 1 saturated heterocycles. The van der Waals surface area contributed by atoms with E-state index in [2.05, 4.69) is 25.1 Å². The van der Waals surface area contributed by atoms with Crippen molar-refractivity contribution in [2.45, 2.75) is 19.8 Å². The molecule has 0 N–H and O–H groups in total. The van der Waals surface area contributed by atoms with Crippen molar-refractivity contribution in [3.8, 4) is 17.3 Å². The molecule has 0 radical (unpaired) electrons. The molecule has 27 heavy (non-hydrogen) atoms. The van der Waals surface area contributed by atoms with Crippen molar-refractivity contribution in [3.05, 3.63) is 53.6 Å². The number of rotatable bonds is 2. The van der Waals surface area contributed by atoms with Crippen LogP contribution in [0.4, 0.5) is 0 Å². The lowest BCUT2D eigenvalue weighted by Crippen LogP contribution is -2.39. The molecule has 1 amide bonds. The maximum absolute atomic E-state index is 12.8. The Labute approximate surface area is 158 Å². The predicted octanol–water partition coefficient (Wildman–Crippen LogP) is 3.92. The first kappa shape index (κ1) is 17.3. The largest absolute Gasteiger partial charge is 0.337 e. The molecule has 1 atom stereocenters. The maximum Gasteiger partial charge on any atom is 0.253 e. The van der Waals surface area contributed by atoms with E-state index in [1.165, 1.54) is 5.56 Å². The van der Waals surface area contributed by atoms with Crippen LogP contribution in [-0.4, -0.2) is 33.7 Å². The summed E-state index contributed by atoms with van der Waals surface area (Å²) in [7, 11) is 1.95. The monoisotopic (exact) mass is 358 g/mol. The lowest BCUT2D eigenvalue weighted by molar-refractivity contribution is 0.0699. The Morgan fingerprint density at radius 3 is 2.74 bits per heavy atom. The molecule has 1 aliphatic rings. The second-order valence-corrected chi connectivity index (χ2v) is 7.24. The van der Waals surface area contributed by atoms with Crippen LogP contribution < -0.4 is 0 Å². The Hall–Kier alpha value is -3.13. The molecule has 0 spiro atoms. The van der Waals surface area contributed by atoms with Gasteiger partial charge in [-0.3, -0.25) is 9.48 Å². The summed E-state index contributed by atoms with van der Waals surface area (Å²) in [6.45, 7) is 3.34. The summed E-state index contributed by atoms with van der Waals surface area (Å²) >= 11 is 0. The van der Waals surface area contributed by atoms with E-state index >= 15 is 0 Å². The lowest BCUT2D eigenvalue weighted by atomic mass is 9.98. The average Bonchev–Trinajstić information content (AvgIpc) is 3.05. The fourth-order valence-electron chi connectivity index (χ4n) is 3.91. The second kappa shape index (κ2) is 6.88. The van der Waals surface area contributed by atoms with Crippen LogP contribution in [-0.2, 0) is 7.05 Å². The number of nitriles is 1. The van der Waals surface area contributed by atoms with Crippen molar-refractivity contribution in [1.82, 2.24) is 14.7 Å². The van der Waals surface area contributed by atoms with Gasteiger partial charge in [0.2, 0.25) is 0 Å². The number of benzene rings is 2. The Bertz CT molecular complexity index is 1040. The molecule has 136 valence electrons. The molecule has 5 heteroatoms. The van der Waals surface area contributed by atoms with E-state index in [9.17, 15) is 4.79 Å². The fourth-order valence-corrected chi connectivity index (χ4v) is 3.91. The SMILES string of the molecule is Cc1cccc2c1c(-c1ccc(C(=O)N3CCC[C@H](C#N)C3)cc1)nn2C. The summed E-state index contributed by atoms with van der Waals surface area (Å²) in [6, 6.07) is 16.2. The van der Waals surface area contributed by atoms with E-state index < -0.39 is 0 Å². The number of fused-ring (bicyclic) bond motifs is 1. The summed E-state index contributed by atoms with van der Waals surface area (Å²) in [4.78, 5) is 14.6. The van der Waals surface area contributed by atoms with Crippen LogP contribution in [0, 0.1) is 24.2 Å². The molecule has 5 nitrogen and oxygen atoms in total. The van der Waals surface area contributed by atoms with Gasteiger partial charge in [-0.1, -0.05) is 24.3 Å². The molecule has 3 aromatic rings. The second-order valence-electron chi connectivity index (χ2n) is 7.24. The van der Waals surface area contributed by atoms with Gasteiger partial charge in [-0.05, 0) is 43.5 Å². The van der Waals surface area contributed by atoms with Gasteiger partial charge in [0, 0.05) is 36.7 Å². The zero-order chi connectivity index (χ0) is 19.0. The van der Waals surface area contributed by atoms with Crippen LogP contribution in [0.1, 0.15) is 28.8 Å². The molecule has 0 saturated carbocycles. The first-order chi connectivity index (χ1) is 13.1. The van der Waals surface area contributed by atoms with Crippen LogP contribution >= 0.6 is 0 Å². The van der Waals surface area contributed by atoms with Crippen LogP contribution in [0.3, 0.4) is 0 Å². The smallest absolute Gasteiger partial charge is 0.253 e. The standard InChI is InChI=1S/C22H22N4O/c1-15-5-3-7-19-20(15)21(24-25(19)2)17-8-10-18(11-9-17)22(27)26-12-4-6-16(13-23)14-26/h3,5,7-11,16H,4,6,12,14H2,1-2H3/t16-/m1/s1. The molecule has 1 aromatic heterocycles. The van der Waals surface area contributed by atoms with E-state index in [1.807, 2.05) is 42.1 Å². The highest BCUT2D eigenvalue weighted by molar-refractivity contribution is 5.98. The zero-order valence-electron chi connectivity index (χ0n) is 15.6. The zero-order valence-corrected chi connectivity index (χ0v) is 15.6. The fraction of sp³-hybridized carbons (Fsp3) is 0.318. The van der Waals surface area contributed by atoms with Crippen LogP contribution in [0.25, 0.3) is 22.2 Å². The van der Waals surface area contributed by atoms with E-state index in [0.29, 0.717) is 12.1 Å². The van der Waals surface area contributed by atoms with E-state index in [1.54, 1.807) is 4.90 Å². The van der Waals surface area contributed by atoms with Gasteiger partial charge in [0.25, 0.3) is 5.91 Å². The van der Waals surface area contributed by atoms with E-state index in [-0.39, 0.29) is 11.8 Å². The van der Waals surface area contributed by atoms with Gasteiger partial charge in [0.15, 0.2) is 0 Å². The number of nitrogens with zero attached hydrogens (tertiary/aromatic N) is 4. The number of hydrogen-bond donors (Lipinski definition) is 0. The number of piperidine rings is 1. The Balaban J connectivity index is 1.64. The molecular formula is C22H22N4O. The van der Waals surface area contributed by atoms with Crippen molar-refractivity contribution in [2.24, 2.45) is 13.0 Å². The third kappa shape index (κ3) is 3.08. The molecule has 2 aromatic carbocycles. The van der Waals surface area contributed by atoms with Crippen LogP contribution in [0.5, 0.6) is 0 Å². The van der Waals surface area contributed by atoms with Crippen molar-refractivity contribution >= 4 is 16.8 Å². The van der Waals surface area contributed by atoms with Crippen molar-refractivity contribution in [2.75, 3.05) is 13.1 Å². The number of aryl methyl sites for hydroxylation is 2. The summed E-state index contributed by atoms with van der Waals surface area (Å²) in [6.07, 6.45) is 1.77. The van der Waals surface area contributed by atoms with Gasteiger partial charge >= 0.3 is 0 Å². The third-order valence-corrected chi connectivity index (χ3v) is 5.38. The third-order valence-electron chi connectivity index (χ3n) is 5.38. The van der Waals surface area contributed by atoms with Gasteiger partial charge < -0.3 is 4.90 Å². The lowest BCUT2D eigenvalue weighted by Gasteiger charge is -2.29. The van der Waals surface area contributed by atoms with Gasteiger partial charge in [0.1, 0.15) is 5.69 Å². The molecule has 0 bridgehead atoms. The Morgan fingerprint density at radius 2 is 2.00 bits per heavy atom. The number of likely N-dealkylation sites (tertiary alicyclic amines) is 1. The Morgan fingerprint density at radius 1 is 1.22 bits per heavy atom. The summed E-state index contributed by atoms with van der Waals surface area (Å²) in [5, 5.41) is 15.0. The number of hydrogen-bond acceptors (Lipinski definition) is 3. The van der Waals surface area contributed by atoms with Crippen molar-refractivity contribution < 1.29 is 4.79 Å². The summed E-state index contributed by atoms with van der Waals surface area (Å²) < 4.78 is 1.90. The minimum Gasteiger partial charge on any atom is -0.337 e. The minimum atomic E-state index is -0.0511. The van der Waals surface area contributed by atoms with E-state index in [0.717, 1.165) is 41.5 Å². The molecule has 1 aliphatic heterocycles. The molecule has 1 fully saturated rings. The average molecular weight is 358 g/mol. The molecule has 0 unspecified atom stereocenters.